The second-order valence-corrected chi connectivity index (χ2v) is 8.50. The maximum Gasteiger partial charge on any atom is 0.271 e. The first-order valence-corrected chi connectivity index (χ1v) is 11.4. The molecule has 2 aromatic carbocycles. The predicted molar refractivity (Wildman–Crippen MR) is 125 cm³/mol. The molecule has 1 fully saturated rings. The number of hydrogen-bond donors (Lipinski definition) is 3. The summed E-state index contributed by atoms with van der Waals surface area (Å²) in [6, 6.07) is 6.58. The Balaban J connectivity index is 1.89. The van der Waals surface area contributed by atoms with Crippen LogP contribution in [0.5, 0.6) is 11.5 Å². The number of methoxy groups -OCH3 is 1. The van der Waals surface area contributed by atoms with Crippen LogP contribution >= 0.6 is 11.8 Å². The molecule has 1 amide bonds. The number of benzene rings is 2. The molecule has 1 aliphatic rings. The van der Waals surface area contributed by atoms with E-state index in [1.807, 2.05) is 0 Å². The Kier molecular flexibility index (Phi) is 8.87. The summed E-state index contributed by atoms with van der Waals surface area (Å²) in [6.45, 7) is 1.37. The molecular formula is C24H28ClF2N3O5. The second-order valence-electron chi connectivity index (χ2n) is 8.09. The zero-order valence-electron chi connectivity index (χ0n) is 19.4. The minimum atomic E-state index is -1.64. The number of aliphatic hydroxyl groups excluding tert-OH is 1. The summed E-state index contributed by atoms with van der Waals surface area (Å²) in [5, 5.41) is 17.8. The standard InChI is InChI=1S/C24H28ClF2N3O5/c1-3-34-22(21-16(26)10-15(33-2)11-17(21)27)24(32)30(25)12-14-8-7-13(23(28)29)9-20(14)35-19-6-4-5-18(19)31/h7-11,18-19,22,31H,3-6,12H2,1-2H3,(H3,28,29). The number of halogens is 3. The summed E-state index contributed by atoms with van der Waals surface area (Å²) in [6.07, 6.45) is -0.725. The summed E-state index contributed by atoms with van der Waals surface area (Å²) < 4.78 is 46.3. The van der Waals surface area contributed by atoms with E-state index in [2.05, 4.69) is 0 Å². The third-order valence-electron chi connectivity index (χ3n) is 5.73. The van der Waals surface area contributed by atoms with E-state index in [0.29, 0.717) is 24.0 Å². The lowest BCUT2D eigenvalue weighted by Gasteiger charge is -2.25. The fourth-order valence-electron chi connectivity index (χ4n) is 3.90. The molecule has 3 rings (SSSR count). The quantitative estimate of drug-likeness (QED) is 0.253. The minimum absolute atomic E-state index is 0.00666. The van der Waals surface area contributed by atoms with Gasteiger partial charge >= 0.3 is 0 Å². The molecule has 0 aromatic heterocycles. The Morgan fingerprint density at radius 1 is 1.29 bits per heavy atom. The van der Waals surface area contributed by atoms with Gasteiger partial charge in [0.15, 0.2) is 6.10 Å². The average Bonchev–Trinajstić information content (AvgIpc) is 3.22. The molecular weight excluding hydrogens is 484 g/mol. The number of ether oxygens (including phenoxy) is 3. The lowest BCUT2D eigenvalue weighted by Crippen LogP contribution is -2.31. The van der Waals surface area contributed by atoms with E-state index in [4.69, 9.17) is 37.1 Å². The van der Waals surface area contributed by atoms with Crippen molar-refractivity contribution >= 4 is 23.5 Å². The highest BCUT2D eigenvalue weighted by Crippen LogP contribution is 2.33. The van der Waals surface area contributed by atoms with Gasteiger partial charge in [0, 0.05) is 41.6 Å². The van der Waals surface area contributed by atoms with Crippen molar-refractivity contribution in [3.8, 4) is 11.5 Å². The molecule has 1 saturated carbocycles. The number of nitrogens with zero attached hydrogens (tertiary/aromatic N) is 1. The van der Waals surface area contributed by atoms with Crippen LogP contribution in [0.15, 0.2) is 30.3 Å². The van der Waals surface area contributed by atoms with E-state index >= 15 is 0 Å². The lowest BCUT2D eigenvalue weighted by molar-refractivity contribution is -0.139. The van der Waals surface area contributed by atoms with Gasteiger partial charge in [-0.3, -0.25) is 10.2 Å². The van der Waals surface area contributed by atoms with Crippen molar-refractivity contribution in [3.05, 3.63) is 58.7 Å². The third-order valence-corrected chi connectivity index (χ3v) is 6.02. The first kappa shape index (κ1) is 26.7. The van der Waals surface area contributed by atoms with E-state index in [1.54, 1.807) is 19.1 Å². The summed E-state index contributed by atoms with van der Waals surface area (Å²) in [5.74, 6) is -2.85. The summed E-state index contributed by atoms with van der Waals surface area (Å²) in [5.41, 5.74) is 5.85. The number of nitrogens with one attached hydrogen (secondary N) is 1. The third kappa shape index (κ3) is 6.19. The summed E-state index contributed by atoms with van der Waals surface area (Å²) in [4.78, 5) is 13.1. The molecule has 11 heteroatoms. The van der Waals surface area contributed by atoms with Crippen LogP contribution in [0, 0.1) is 17.0 Å². The number of nitrogens with two attached hydrogens (primary N) is 1. The molecule has 190 valence electrons. The molecule has 3 atom stereocenters. The number of amides is 1. The number of nitrogen functional groups attached to an aromatic ring is 1. The van der Waals surface area contributed by atoms with Gasteiger partial charge in [-0.15, -0.1) is 0 Å². The molecule has 8 nitrogen and oxygen atoms in total. The van der Waals surface area contributed by atoms with Crippen LogP contribution in [0.3, 0.4) is 0 Å². The number of carbonyl (C=O) groups is 1. The maximum absolute atomic E-state index is 14.7. The zero-order chi connectivity index (χ0) is 25.7. The van der Waals surface area contributed by atoms with Crippen molar-refractivity contribution in [1.29, 1.82) is 5.41 Å². The van der Waals surface area contributed by atoms with Crippen molar-refractivity contribution in [2.45, 2.75) is 51.0 Å². The second kappa shape index (κ2) is 11.7. The molecule has 0 spiro atoms. The lowest BCUT2D eigenvalue weighted by atomic mass is 10.1. The molecule has 3 unspecified atom stereocenters. The normalized spacial score (nSPS) is 18.2. The fraction of sp³-hybridized carbons (Fsp3) is 0.417. The Labute approximate surface area is 207 Å². The highest BCUT2D eigenvalue weighted by molar-refractivity contribution is 6.21. The molecule has 4 N–H and O–H groups in total. The summed E-state index contributed by atoms with van der Waals surface area (Å²) in [7, 11) is 1.27. The molecule has 0 saturated heterocycles. The molecule has 0 radical (unpaired) electrons. The first-order chi connectivity index (χ1) is 16.7. The Morgan fingerprint density at radius 3 is 2.51 bits per heavy atom. The number of hydrogen-bond acceptors (Lipinski definition) is 6. The van der Waals surface area contributed by atoms with Crippen LogP contribution in [-0.4, -0.2) is 47.2 Å². The van der Waals surface area contributed by atoms with Gasteiger partial charge in [0.05, 0.1) is 25.3 Å². The highest BCUT2D eigenvalue weighted by atomic mass is 35.5. The smallest absolute Gasteiger partial charge is 0.271 e. The molecule has 0 aliphatic heterocycles. The van der Waals surface area contributed by atoms with Gasteiger partial charge in [0.1, 0.15) is 35.1 Å². The largest absolute Gasteiger partial charge is 0.497 e. The SMILES string of the molecule is CCOC(C(=O)N(Cl)Cc1ccc(C(=N)N)cc1OC1CCCC1O)c1c(F)cc(OC)cc1F. The number of rotatable bonds is 10. The van der Waals surface area contributed by atoms with E-state index < -0.39 is 41.4 Å². The van der Waals surface area contributed by atoms with Crippen molar-refractivity contribution in [2.75, 3.05) is 13.7 Å². The van der Waals surface area contributed by atoms with Crippen LogP contribution in [0.25, 0.3) is 0 Å². The molecule has 1 aliphatic carbocycles. The van der Waals surface area contributed by atoms with Crippen molar-refractivity contribution < 1.29 is 32.9 Å². The topological polar surface area (TPSA) is 118 Å². The Hall–Kier alpha value is -2.95. The van der Waals surface area contributed by atoms with Crippen LogP contribution in [0.1, 0.15) is 49.0 Å². The van der Waals surface area contributed by atoms with E-state index in [9.17, 15) is 18.7 Å². The minimum Gasteiger partial charge on any atom is -0.497 e. The fourth-order valence-corrected chi connectivity index (χ4v) is 4.12. The van der Waals surface area contributed by atoms with Gasteiger partial charge in [0.25, 0.3) is 5.91 Å². The number of amidine groups is 1. The van der Waals surface area contributed by atoms with Crippen molar-refractivity contribution in [2.24, 2.45) is 5.73 Å². The highest BCUT2D eigenvalue weighted by Gasteiger charge is 2.33. The van der Waals surface area contributed by atoms with Gasteiger partial charge in [-0.2, -0.15) is 0 Å². The maximum atomic E-state index is 14.7. The van der Waals surface area contributed by atoms with Crippen LogP contribution in [-0.2, 0) is 16.1 Å². The van der Waals surface area contributed by atoms with Crippen LogP contribution in [0.4, 0.5) is 8.78 Å². The van der Waals surface area contributed by atoms with Crippen molar-refractivity contribution in [3.63, 3.8) is 0 Å². The van der Waals surface area contributed by atoms with Crippen molar-refractivity contribution in [1.82, 2.24) is 4.42 Å². The molecule has 35 heavy (non-hydrogen) atoms. The Morgan fingerprint density at radius 2 is 1.97 bits per heavy atom. The number of carbonyl (C=O) groups excluding carboxylic acids is 1. The van der Waals surface area contributed by atoms with Gasteiger partial charge in [0.2, 0.25) is 0 Å². The Bertz CT molecular complexity index is 1060. The van der Waals surface area contributed by atoms with E-state index in [1.165, 1.54) is 13.2 Å². The molecule has 0 heterocycles. The monoisotopic (exact) mass is 511 g/mol. The van der Waals surface area contributed by atoms with Crippen LogP contribution < -0.4 is 15.2 Å². The molecule has 0 bridgehead atoms. The van der Waals surface area contributed by atoms with Gasteiger partial charge in [-0.1, -0.05) is 12.1 Å². The molecule has 2 aromatic rings. The predicted octanol–water partition coefficient (Wildman–Crippen LogP) is 3.81. The van der Waals surface area contributed by atoms with Crippen LogP contribution in [0.2, 0.25) is 0 Å². The van der Waals surface area contributed by atoms with Gasteiger partial charge < -0.3 is 25.1 Å². The van der Waals surface area contributed by atoms with E-state index in [-0.39, 0.29) is 30.5 Å². The van der Waals surface area contributed by atoms with E-state index in [0.717, 1.165) is 23.0 Å². The van der Waals surface area contributed by atoms with Gasteiger partial charge in [-0.25, -0.2) is 13.2 Å². The van der Waals surface area contributed by atoms with Gasteiger partial charge in [-0.05, 0) is 32.3 Å². The first-order valence-electron chi connectivity index (χ1n) is 11.1. The number of aliphatic hydroxyl groups is 1. The summed E-state index contributed by atoms with van der Waals surface area (Å²) >= 11 is 6.29. The zero-order valence-corrected chi connectivity index (χ0v) is 20.1. The average molecular weight is 512 g/mol.